The van der Waals surface area contributed by atoms with Crippen LogP contribution in [0.15, 0.2) is 24.3 Å². The van der Waals surface area contributed by atoms with Crippen molar-refractivity contribution in [3.8, 4) is 0 Å². The molecule has 2 atom stereocenters. The Labute approximate surface area is 121 Å². The normalized spacial score (nSPS) is 23.0. The summed E-state index contributed by atoms with van der Waals surface area (Å²) in [5.41, 5.74) is 1.88. The molecule has 4 amide bonds. The van der Waals surface area contributed by atoms with E-state index < -0.39 is 29.4 Å². The molecule has 0 aliphatic carbocycles. The zero-order valence-electron chi connectivity index (χ0n) is 12.0. The van der Waals surface area contributed by atoms with Gasteiger partial charge < -0.3 is 5.32 Å². The highest BCUT2D eigenvalue weighted by Gasteiger charge is 2.51. The highest BCUT2D eigenvalue weighted by molar-refractivity contribution is 6.09. The van der Waals surface area contributed by atoms with E-state index in [9.17, 15) is 14.4 Å². The number of hydrogen-bond acceptors (Lipinski definition) is 4. The fourth-order valence-electron chi connectivity index (χ4n) is 2.31. The molecule has 1 aromatic rings. The Morgan fingerprint density at radius 3 is 2.43 bits per heavy atom. The molecule has 1 unspecified atom stereocenters. The van der Waals surface area contributed by atoms with Crippen LogP contribution < -0.4 is 10.8 Å². The Bertz CT molecular complexity index is 599. The number of hydroxylamine groups is 1. The van der Waals surface area contributed by atoms with Crippen molar-refractivity contribution in [1.82, 2.24) is 15.7 Å². The summed E-state index contributed by atoms with van der Waals surface area (Å²) in [5.74, 6) is -1.36. The van der Waals surface area contributed by atoms with Gasteiger partial charge in [-0.05, 0) is 26.3 Å². The number of carbonyl (C=O) groups is 3. The van der Waals surface area contributed by atoms with Crippen molar-refractivity contribution in [2.75, 3.05) is 0 Å². The molecule has 1 aromatic carbocycles. The van der Waals surface area contributed by atoms with E-state index in [4.69, 9.17) is 5.21 Å². The second kappa shape index (κ2) is 5.17. The summed E-state index contributed by atoms with van der Waals surface area (Å²) in [6.45, 7) is 4.87. The van der Waals surface area contributed by atoms with Gasteiger partial charge in [-0.1, -0.05) is 29.8 Å². The van der Waals surface area contributed by atoms with E-state index in [1.54, 1.807) is 19.1 Å². The van der Waals surface area contributed by atoms with Gasteiger partial charge in [0.15, 0.2) is 0 Å². The van der Waals surface area contributed by atoms with Crippen molar-refractivity contribution < 1.29 is 19.6 Å². The predicted molar refractivity (Wildman–Crippen MR) is 73.3 cm³/mol. The smallest absolute Gasteiger partial charge is 0.319 e. The highest BCUT2D eigenvalue weighted by Crippen LogP contribution is 2.30. The molecule has 1 saturated heterocycles. The summed E-state index contributed by atoms with van der Waals surface area (Å²) < 4.78 is 0. The number of hydrogen-bond donors (Lipinski definition) is 3. The van der Waals surface area contributed by atoms with Crippen molar-refractivity contribution in [3.05, 3.63) is 35.4 Å². The molecule has 1 aliphatic rings. The predicted octanol–water partition coefficient (Wildman–Crippen LogP) is 0.656. The van der Waals surface area contributed by atoms with Gasteiger partial charge in [0.05, 0.1) is 0 Å². The minimum absolute atomic E-state index is 0.535. The summed E-state index contributed by atoms with van der Waals surface area (Å²) in [6.07, 6.45) is 0. The molecule has 0 saturated carbocycles. The SMILES string of the molecule is Cc1ccc(C2(C)NC(=O)N([C@H](C)C(=O)NO)C2=O)cc1. The quantitative estimate of drug-likeness (QED) is 0.433. The molecule has 0 aromatic heterocycles. The van der Waals surface area contributed by atoms with Crippen LogP contribution >= 0.6 is 0 Å². The molecular weight excluding hydrogens is 274 g/mol. The van der Waals surface area contributed by atoms with Crippen molar-refractivity contribution in [2.45, 2.75) is 32.4 Å². The standard InChI is InChI=1S/C14H17N3O4/c1-8-4-6-10(7-5-8)14(3)12(19)17(13(20)15-14)9(2)11(18)16-21/h4-7,9,21H,1-3H3,(H,15,20)(H,16,18)/t9-,14?/m1/s1. The lowest BCUT2D eigenvalue weighted by Gasteiger charge is -2.24. The lowest BCUT2D eigenvalue weighted by Crippen LogP contribution is -2.48. The molecule has 1 heterocycles. The van der Waals surface area contributed by atoms with Gasteiger partial charge in [0, 0.05) is 0 Å². The monoisotopic (exact) mass is 291 g/mol. The molecule has 3 N–H and O–H groups in total. The Morgan fingerprint density at radius 2 is 1.90 bits per heavy atom. The third kappa shape index (κ3) is 2.36. The van der Waals surface area contributed by atoms with Crippen molar-refractivity contribution in [1.29, 1.82) is 0 Å². The molecule has 7 heteroatoms. The van der Waals surface area contributed by atoms with Gasteiger partial charge in [-0.25, -0.2) is 15.2 Å². The maximum Gasteiger partial charge on any atom is 0.326 e. The number of imide groups is 1. The zero-order valence-corrected chi connectivity index (χ0v) is 12.0. The van der Waals surface area contributed by atoms with Crippen LogP contribution in [0.25, 0.3) is 0 Å². The molecule has 2 rings (SSSR count). The summed E-state index contributed by atoms with van der Waals surface area (Å²) in [7, 11) is 0. The lowest BCUT2D eigenvalue weighted by molar-refractivity contribution is -0.141. The molecular formula is C14H17N3O4. The van der Waals surface area contributed by atoms with Gasteiger partial charge in [-0.3, -0.25) is 14.8 Å². The van der Waals surface area contributed by atoms with Crippen LogP contribution in [0.1, 0.15) is 25.0 Å². The van der Waals surface area contributed by atoms with Crippen LogP contribution in [0, 0.1) is 6.92 Å². The van der Waals surface area contributed by atoms with E-state index in [0.717, 1.165) is 10.5 Å². The molecule has 0 spiro atoms. The number of rotatable bonds is 3. The van der Waals surface area contributed by atoms with Crippen LogP contribution in [-0.4, -0.2) is 34.0 Å². The van der Waals surface area contributed by atoms with E-state index >= 15 is 0 Å². The van der Waals surface area contributed by atoms with Gasteiger partial charge in [0.2, 0.25) is 0 Å². The summed E-state index contributed by atoms with van der Waals surface area (Å²) in [6, 6.07) is 5.43. The summed E-state index contributed by atoms with van der Waals surface area (Å²) in [4.78, 5) is 36.9. The first-order chi connectivity index (χ1) is 9.81. The molecule has 112 valence electrons. The number of carbonyl (C=O) groups excluding carboxylic acids is 3. The third-order valence-corrected chi connectivity index (χ3v) is 3.73. The van der Waals surface area contributed by atoms with Gasteiger partial charge in [0.1, 0.15) is 11.6 Å². The maximum absolute atomic E-state index is 12.6. The van der Waals surface area contributed by atoms with E-state index in [-0.39, 0.29) is 0 Å². The third-order valence-electron chi connectivity index (χ3n) is 3.73. The number of nitrogens with one attached hydrogen (secondary N) is 2. The first kappa shape index (κ1) is 15.0. The molecule has 1 fully saturated rings. The summed E-state index contributed by atoms with van der Waals surface area (Å²) >= 11 is 0. The molecule has 1 aliphatic heterocycles. The van der Waals surface area contributed by atoms with E-state index in [0.29, 0.717) is 5.56 Å². The molecule has 0 radical (unpaired) electrons. The van der Waals surface area contributed by atoms with Crippen LogP contribution in [-0.2, 0) is 15.1 Å². The second-order valence-corrected chi connectivity index (χ2v) is 5.25. The van der Waals surface area contributed by atoms with Crippen LogP contribution in [0.2, 0.25) is 0 Å². The van der Waals surface area contributed by atoms with E-state index in [1.165, 1.54) is 12.4 Å². The Balaban J connectivity index is 2.36. The number of amides is 4. The van der Waals surface area contributed by atoms with Crippen molar-refractivity contribution in [3.63, 3.8) is 0 Å². The highest BCUT2D eigenvalue weighted by atomic mass is 16.5. The minimum atomic E-state index is -1.23. The van der Waals surface area contributed by atoms with E-state index in [2.05, 4.69) is 5.32 Å². The Hall–Kier alpha value is -2.41. The van der Waals surface area contributed by atoms with E-state index in [1.807, 2.05) is 19.1 Å². The van der Waals surface area contributed by atoms with Gasteiger partial charge in [-0.15, -0.1) is 0 Å². The average molecular weight is 291 g/mol. The Kier molecular flexibility index (Phi) is 3.69. The number of aryl methyl sites for hydroxylation is 1. The van der Waals surface area contributed by atoms with Crippen molar-refractivity contribution >= 4 is 17.8 Å². The molecule has 0 bridgehead atoms. The number of benzene rings is 1. The van der Waals surface area contributed by atoms with Crippen molar-refractivity contribution in [2.24, 2.45) is 0 Å². The fraction of sp³-hybridized carbons (Fsp3) is 0.357. The van der Waals surface area contributed by atoms with Gasteiger partial charge >= 0.3 is 6.03 Å². The summed E-state index contributed by atoms with van der Waals surface area (Å²) in [5, 5.41) is 11.2. The minimum Gasteiger partial charge on any atom is -0.319 e. The average Bonchev–Trinajstić information content (AvgIpc) is 2.69. The number of nitrogens with zero attached hydrogens (tertiary/aromatic N) is 1. The van der Waals surface area contributed by atoms with Crippen LogP contribution in [0.4, 0.5) is 4.79 Å². The zero-order chi connectivity index (χ0) is 15.8. The fourth-order valence-corrected chi connectivity index (χ4v) is 2.31. The second-order valence-electron chi connectivity index (χ2n) is 5.25. The lowest BCUT2D eigenvalue weighted by atomic mass is 9.91. The largest absolute Gasteiger partial charge is 0.326 e. The number of urea groups is 1. The molecule has 21 heavy (non-hydrogen) atoms. The Morgan fingerprint density at radius 1 is 1.33 bits per heavy atom. The maximum atomic E-state index is 12.6. The molecule has 7 nitrogen and oxygen atoms in total. The van der Waals surface area contributed by atoms with Crippen LogP contribution in [0.5, 0.6) is 0 Å². The van der Waals surface area contributed by atoms with Gasteiger partial charge in [0.25, 0.3) is 11.8 Å². The first-order valence-corrected chi connectivity index (χ1v) is 6.48. The van der Waals surface area contributed by atoms with Crippen LogP contribution in [0.3, 0.4) is 0 Å². The topological polar surface area (TPSA) is 98.7 Å². The first-order valence-electron chi connectivity index (χ1n) is 6.48. The van der Waals surface area contributed by atoms with Gasteiger partial charge in [-0.2, -0.15) is 0 Å².